The van der Waals surface area contributed by atoms with Crippen molar-refractivity contribution >= 4 is 62.7 Å². The highest BCUT2D eigenvalue weighted by molar-refractivity contribution is 8.14. The van der Waals surface area contributed by atoms with E-state index in [9.17, 15) is 24.5 Å². The molecular weight excluding hydrogens is 633 g/mol. The second kappa shape index (κ2) is 14.0. The van der Waals surface area contributed by atoms with E-state index in [-0.39, 0.29) is 35.2 Å². The van der Waals surface area contributed by atoms with Crippen LogP contribution in [0.1, 0.15) is 22.3 Å². The SMILES string of the molecule is O=C(OCc1ccc([N+](=O)[O-])cc1)C(N1C(=O)C[C@@H]1SC(=O)c1cccnc1)=P(c1ccccc1)(c1ccccc1)c1ccccc1. The molecule has 1 aromatic heterocycles. The Kier molecular flexibility index (Phi) is 9.42. The van der Waals surface area contributed by atoms with Crippen LogP contribution in [0.2, 0.25) is 0 Å². The molecule has 0 unspecified atom stereocenters. The van der Waals surface area contributed by atoms with E-state index in [0.29, 0.717) is 11.1 Å². The van der Waals surface area contributed by atoms with Crippen LogP contribution in [-0.4, -0.2) is 42.6 Å². The van der Waals surface area contributed by atoms with E-state index in [4.69, 9.17) is 4.74 Å². The number of benzene rings is 4. The van der Waals surface area contributed by atoms with Gasteiger partial charge in [0.15, 0.2) is 0 Å². The van der Waals surface area contributed by atoms with Crippen LogP contribution in [-0.2, 0) is 20.9 Å². The standard InChI is InChI=1S/C36H28N3O6PS/c40-32-23-33(47-36(42)27-11-10-22-37-24-27)38(32)34(35(41)45-25-26-18-20-28(21-19-26)39(43)44)46(29-12-4-1-5-13-29,30-14-6-2-7-15-30)31-16-8-3-9-17-31/h1-22,24,33H,23,25H2/t33-/m0/s1. The van der Waals surface area contributed by atoms with E-state index in [2.05, 4.69) is 4.98 Å². The summed E-state index contributed by atoms with van der Waals surface area (Å²) in [4.78, 5) is 58.0. The highest BCUT2D eigenvalue weighted by Gasteiger charge is 2.48. The fourth-order valence-corrected chi connectivity index (χ4v) is 11.0. The van der Waals surface area contributed by atoms with Crippen LogP contribution in [0.15, 0.2) is 140 Å². The van der Waals surface area contributed by atoms with Crippen molar-refractivity contribution in [1.29, 1.82) is 0 Å². The zero-order valence-corrected chi connectivity index (χ0v) is 26.6. The van der Waals surface area contributed by atoms with Gasteiger partial charge in [0, 0.05) is 37.0 Å². The van der Waals surface area contributed by atoms with E-state index in [1.807, 2.05) is 91.0 Å². The molecule has 9 nitrogen and oxygen atoms in total. The van der Waals surface area contributed by atoms with Crippen molar-refractivity contribution in [3.05, 3.63) is 161 Å². The molecule has 0 N–H and O–H groups in total. The van der Waals surface area contributed by atoms with Crippen LogP contribution < -0.4 is 15.9 Å². The number of pyridine rings is 1. The second-order valence-corrected chi connectivity index (χ2v) is 15.0. The van der Waals surface area contributed by atoms with Gasteiger partial charge in [-0.25, -0.2) is 4.79 Å². The highest BCUT2D eigenvalue weighted by atomic mass is 32.2. The fraction of sp³-hybridized carbons (Fsp3) is 0.0833. The Balaban J connectivity index is 1.57. The molecule has 0 radical (unpaired) electrons. The van der Waals surface area contributed by atoms with Gasteiger partial charge in [-0.1, -0.05) is 103 Å². The number of hydrogen-bond donors (Lipinski definition) is 0. The van der Waals surface area contributed by atoms with Crippen LogP contribution in [0.5, 0.6) is 0 Å². The molecule has 5 aromatic rings. The number of rotatable bonds is 10. The maximum Gasteiger partial charge on any atom is 0.356 e. The lowest BCUT2D eigenvalue weighted by atomic mass is 10.2. The molecule has 234 valence electrons. The van der Waals surface area contributed by atoms with E-state index in [1.54, 1.807) is 18.3 Å². The second-order valence-electron chi connectivity index (χ2n) is 10.6. The van der Waals surface area contributed by atoms with Gasteiger partial charge >= 0.3 is 5.97 Å². The number of ether oxygens (including phenoxy) is 1. The summed E-state index contributed by atoms with van der Waals surface area (Å²) in [7, 11) is 0. The molecule has 1 aliphatic rings. The lowest BCUT2D eigenvalue weighted by Crippen LogP contribution is -2.58. The van der Waals surface area contributed by atoms with Gasteiger partial charge in [-0.3, -0.25) is 29.6 Å². The number of β-lactam (4-membered cyclic amide) rings is 1. The molecule has 1 fully saturated rings. The van der Waals surface area contributed by atoms with Crippen molar-refractivity contribution < 1.29 is 24.0 Å². The summed E-state index contributed by atoms with van der Waals surface area (Å²) in [5.41, 5.74) is 0.989. The number of non-ortho nitro benzene ring substituents is 1. The average Bonchev–Trinajstić information content (AvgIpc) is 3.12. The molecule has 0 aliphatic carbocycles. The van der Waals surface area contributed by atoms with Gasteiger partial charge in [0.25, 0.3) is 5.69 Å². The zero-order chi connectivity index (χ0) is 32.8. The Morgan fingerprint density at radius 3 is 1.85 bits per heavy atom. The van der Waals surface area contributed by atoms with E-state index in [1.165, 1.54) is 35.4 Å². The van der Waals surface area contributed by atoms with Crippen molar-refractivity contribution in [2.75, 3.05) is 0 Å². The van der Waals surface area contributed by atoms with Gasteiger partial charge in [-0.15, -0.1) is 0 Å². The molecule has 1 aliphatic heterocycles. The van der Waals surface area contributed by atoms with Gasteiger partial charge in [0.05, 0.1) is 16.7 Å². The molecule has 1 saturated heterocycles. The first kappa shape index (κ1) is 31.7. The minimum absolute atomic E-state index is 0.0498. The summed E-state index contributed by atoms with van der Waals surface area (Å²) < 4.78 is 5.99. The topological polar surface area (TPSA) is 120 Å². The van der Waals surface area contributed by atoms with Crippen LogP contribution in [0.25, 0.3) is 0 Å². The number of aromatic nitrogens is 1. The quantitative estimate of drug-likeness (QED) is 0.0652. The molecule has 0 bridgehead atoms. The van der Waals surface area contributed by atoms with Crippen LogP contribution >= 0.6 is 18.6 Å². The monoisotopic (exact) mass is 661 g/mol. The Morgan fingerprint density at radius 2 is 1.38 bits per heavy atom. The number of carbonyl (C=O) groups is 3. The Hall–Kier alpha value is -5.31. The number of likely N-dealkylation sites (tertiary alicyclic amines) is 1. The third-order valence-electron chi connectivity index (χ3n) is 7.72. The van der Waals surface area contributed by atoms with Gasteiger partial charge in [0.2, 0.25) is 11.0 Å². The zero-order valence-electron chi connectivity index (χ0n) is 24.9. The first-order chi connectivity index (χ1) is 22.9. The molecule has 6 rings (SSSR count). The number of nitrogens with zero attached hydrogens (tertiary/aromatic N) is 3. The molecule has 47 heavy (non-hydrogen) atoms. The first-order valence-electron chi connectivity index (χ1n) is 14.7. The molecule has 0 saturated carbocycles. The Morgan fingerprint density at radius 1 is 0.830 bits per heavy atom. The first-order valence-corrected chi connectivity index (χ1v) is 17.3. The van der Waals surface area contributed by atoms with Crippen molar-refractivity contribution in [2.24, 2.45) is 0 Å². The summed E-state index contributed by atoms with van der Waals surface area (Å²) in [6.07, 6.45) is 3.10. The molecule has 0 spiro atoms. The minimum atomic E-state index is -3.15. The van der Waals surface area contributed by atoms with Crippen LogP contribution in [0.3, 0.4) is 0 Å². The normalized spacial score (nSPS) is 14.2. The summed E-state index contributed by atoms with van der Waals surface area (Å²) in [6.45, 7) is -3.34. The molecule has 4 aromatic carbocycles. The average molecular weight is 662 g/mol. The Bertz CT molecular complexity index is 1870. The summed E-state index contributed by atoms with van der Waals surface area (Å²) in [6, 6.07) is 37.8. The van der Waals surface area contributed by atoms with Gasteiger partial charge < -0.3 is 4.74 Å². The summed E-state index contributed by atoms with van der Waals surface area (Å²) >= 11 is 0.969. The third kappa shape index (κ3) is 6.38. The van der Waals surface area contributed by atoms with Crippen molar-refractivity contribution in [3.63, 3.8) is 0 Å². The van der Waals surface area contributed by atoms with Crippen molar-refractivity contribution in [1.82, 2.24) is 9.88 Å². The van der Waals surface area contributed by atoms with E-state index >= 15 is 0 Å². The smallest absolute Gasteiger partial charge is 0.356 e. The summed E-state index contributed by atoms with van der Waals surface area (Å²) in [5.74, 6) is -1.03. The fourth-order valence-electron chi connectivity index (χ4n) is 5.50. The molecule has 1 amide bonds. The molecule has 1 atom stereocenters. The van der Waals surface area contributed by atoms with E-state index < -0.39 is 23.2 Å². The summed E-state index contributed by atoms with van der Waals surface area (Å²) in [5, 5.41) is 12.7. The third-order valence-corrected chi connectivity index (χ3v) is 13.1. The largest absolute Gasteiger partial charge is 0.456 e. The minimum Gasteiger partial charge on any atom is -0.456 e. The number of carbonyl (C=O) groups excluding carboxylic acids is 3. The predicted molar refractivity (Wildman–Crippen MR) is 184 cm³/mol. The van der Waals surface area contributed by atoms with Crippen molar-refractivity contribution in [2.45, 2.75) is 18.4 Å². The van der Waals surface area contributed by atoms with Gasteiger partial charge in [-0.2, -0.15) is 0 Å². The maximum atomic E-state index is 14.7. The predicted octanol–water partition coefficient (Wildman–Crippen LogP) is 5.29. The Labute approximate surface area is 275 Å². The molecule has 2 heterocycles. The number of hydrogen-bond acceptors (Lipinski definition) is 8. The van der Waals surface area contributed by atoms with Crippen LogP contribution in [0, 0.1) is 10.1 Å². The van der Waals surface area contributed by atoms with Gasteiger partial charge in [-0.05, 0) is 45.7 Å². The van der Waals surface area contributed by atoms with Crippen molar-refractivity contribution in [3.8, 4) is 0 Å². The molecule has 11 heteroatoms. The number of thioether (sulfide) groups is 1. The maximum absolute atomic E-state index is 14.7. The lowest BCUT2D eigenvalue weighted by molar-refractivity contribution is -0.384. The number of esters is 1. The number of nitro groups is 1. The number of amides is 1. The highest BCUT2D eigenvalue weighted by Crippen LogP contribution is 2.49. The molecular formula is C36H28N3O6PS. The van der Waals surface area contributed by atoms with Gasteiger partial charge in [0.1, 0.15) is 12.0 Å². The van der Waals surface area contributed by atoms with Crippen LogP contribution in [0.4, 0.5) is 5.69 Å². The lowest BCUT2D eigenvalue weighted by Gasteiger charge is -2.44. The van der Waals surface area contributed by atoms with E-state index in [0.717, 1.165) is 27.7 Å². The number of nitro benzene ring substituents is 1.